The summed E-state index contributed by atoms with van der Waals surface area (Å²) in [4.78, 5) is 12.1. The van der Waals surface area contributed by atoms with Gasteiger partial charge in [-0.2, -0.15) is 13.2 Å². The molecule has 1 amide bonds. The van der Waals surface area contributed by atoms with Crippen LogP contribution in [0.4, 0.5) is 39.0 Å². The van der Waals surface area contributed by atoms with Crippen LogP contribution in [0.1, 0.15) is 43.7 Å². The number of rotatable bonds is 11. The molecule has 2 aromatic carbocycles. The molecule has 4 nitrogen and oxygen atoms in total. The molecule has 0 bridgehead atoms. The smallest absolute Gasteiger partial charge is 0.386 e. The molecule has 2 rings (SSSR count). The quantitative estimate of drug-likeness (QED) is 0.265. The second-order valence-electron chi connectivity index (χ2n) is 7.46. The van der Waals surface area contributed by atoms with E-state index in [1.807, 2.05) is 6.92 Å². The van der Waals surface area contributed by atoms with E-state index >= 15 is 0 Å². The lowest BCUT2D eigenvalue weighted by molar-refractivity contribution is -0.137. The van der Waals surface area contributed by atoms with E-state index in [1.165, 1.54) is 18.2 Å². The van der Waals surface area contributed by atoms with Crippen LogP contribution in [0, 0.1) is 0 Å². The number of nitrogens with one attached hydrogen (secondary N) is 3. The highest BCUT2D eigenvalue weighted by Crippen LogP contribution is 2.30. The highest BCUT2D eigenvalue weighted by atomic mass is 19.4. The first-order valence-corrected chi connectivity index (χ1v) is 10.5. The average Bonchev–Trinajstić information content (AvgIpc) is 2.77. The summed E-state index contributed by atoms with van der Waals surface area (Å²) in [6.45, 7) is 2.23. The van der Waals surface area contributed by atoms with Gasteiger partial charge in [0.05, 0.1) is 16.9 Å². The van der Waals surface area contributed by atoms with Crippen LogP contribution in [0.5, 0.6) is 0 Å². The summed E-state index contributed by atoms with van der Waals surface area (Å²) in [7, 11) is 1.61. The molecule has 2 unspecified atom stereocenters. The van der Waals surface area contributed by atoms with Crippen molar-refractivity contribution < 1.29 is 26.7 Å². The molecule has 0 aliphatic heterocycles. The van der Waals surface area contributed by atoms with Gasteiger partial charge in [-0.15, -0.1) is 0 Å². The predicted octanol–water partition coefficient (Wildman–Crippen LogP) is 6.55. The van der Waals surface area contributed by atoms with E-state index < -0.39 is 30.0 Å². The molecule has 9 heteroatoms. The molecule has 0 radical (unpaired) electrons. The van der Waals surface area contributed by atoms with E-state index in [-0.39, 0.29) is 13.0 Å². The Morgan fingerprint density at radius 2 is 1.69 bits per heavy atom. The molecule has 2 atom stereocenters. The van der Waals surface area contributed by atoms with Gasteiger partial charge < -0.3 is 16.0 Å². The number of anilines is 3. The van der Waals surface area contributed by atoms with E-state index in [4.69, 9.17) is 0 Å². The zero-order chi connectivity index (χ0) is 23.7. The van der Waals surface area contributed by atoms with Crippen molar-refractivity contribution in [1.82, 2.24) is 0 Å². The Morgan fingerprint density at radius 1 is 1.00 bits per heavy atom. The second-order valence-corrected chi connectivity index (χ2v) is 7.46. The van der Waals surface area contributed by atoms with E-state index in [0.29, 0.717) is 29.0 Å². The number of halogens is 5. The second kappa shape index (κ2) is 11.7. The molecule has 176 valence electrons. The van der Waals surface area contributed by atoms with Crippen molar-refractivity contribution in [2.75, 3.05) is 23.0 Å². The Kier molecular flexibility index (Phi) is 9.28. The van der Waals surface area contributed by atoms with Crippen molar-refractivity contribution in [3.8, 4) is 0 Å². The maximum absolute atomic E-state index is 14.1. The first-order chi connectivity index (χ1) is 15.2. The first kappa shape index (κ1) is 25.4. The van der Waals surface area contributed by atoms with Crippen molar-refractivity contribution >= 4 is 23.0 Å². The molecule has 0 saturated heterocycles. The molecule has 3 N–H and O–H groups in total. The minimum atomic E-state index is -4.38. The molecule has 0 aromatic heterocycles. The Labute approximate surface area is 184 Å². The fourth-order valence-electron chi connectivity index (χ4n) is 3.09. The number of alkyl halides is 5. The van der Waals surface area contributed by atoms with E-state index in [0.717, 1.165) is 25.0 Å². The summed E-state index contributed by atoms with van der Waals surface area (Å²) in [6.07, 6.45) is -6.33. The standard InChI is InChI=1S/C23H28F5N3O/c1-3-4-5-6-18(24)21(25)22(32)31-19-12-11-17(13-20(19)29-2)30-14-15-7-9-16(10-8-15)23(26,27)28/h7-13,18,21,29-30H,3-6,14H2,1-2H3,(H,31,32). The van der Waals surface area contributed by atoms with Gasteiger partial charge in [0, 0.05) is 19.3 Å². The SMILES string of the molecule is CCCCCC(F)C(F)C(=O)Nc1ccc(NCc2ccc(C(F)(F)F)cc2)cc1NC. The van der Waals surface area contributed by atoms with E-state index in [9.17, 15) is 26.7 Å². The molecular formula is C23H28F5N3O. The number of benzene rings is 2. The molecule has 0 aliphatic carbocycles. The van der Waals surface area contributed by atoms with Crippen molar-refractivity contribution in [3.63, 3.8) is 0 Å². The van der Waals surface area contributed by atoms with Gasteiger partial charge in [-0.25, -0.2) is 8.78 Å². The topological polar surface area (TPSA) is 53.2 Å². The fourth-order valence-corrected chi connectivity index (χ4v) is 3.09. The zero-order valence-electron chi connectivity index (χ0n) is 18.0. The summed E-state index contributed by atoms with van der Waals surface area (Å²) in [6, 6.07) is 9.63. The third-order valence-electron chi connectivity index (χ3n) is 4.98. The number of hydrogen-bond donors (Lipinski definition) is 3. The van der Waals surface area contributed by atoms with Crippen LogP contribution in [0.15, 0.2) is 42.5 Å². The highest BCUT2D eigenvalue weighted by Gasteiger charge is 2.30. The van der Waals surface area contributed by atoms with Gasteiger partial charge >= 0.3 is 6.18 Å². The Bertz CT molecular complexity index is 871. The largest absolute Gasteiger partial charge is 0.416 e. The van der Waals surface area contributed by atoms with Crippen LogP contribution >= 0.6 is 0 Å². The van der Waals surface area contributed by atoms with Gasteiger partial charge in [0.2, 0.25) is 6.17 Å². The number of hydrogen-bond acceptors (Lipinski definition) is 3. The monoisotopic (exact) mass is 457 g/mol. The third-order valence-corrected chi connectivity index (χ3v) is 4.98. The van der Waals surface area contributed by atoms with Gasteiger partial charge in [-0.3, -0.25) is 4.79 Å². The van der Waals surface area contributed by atoms with E-state index in [1.54, 1.807) is 19.2 Å². The Morgan fingerprint density at radius 3 is 2.28 bits per heavy atom. The molecule has 0 saturated carbocycles. The molecule has 0 spiro atoms. The summed E-state index contributed by atoms with van der Waals surface area (Å²) in [5.74, 6) is -1.05. The Balaban J connectivity index is 1.97. The lowest BCUT2D eigenvalue weighted by Crippen LogP contribution is -2.32. The normalized spacial score (nSPS) is 13.3. The predicted molar refractivity (Wildman–Crippen MR) is 117 cm³/mol. The maximum atomic E-state index is 14.1. The van der Waals surface area contributed by atoms with E-state index in [2.05, 4.69) is 16.0 Å². The van der Waals surface area contributed by atoms with Gasteiger partial charge in [-0.05, 0) is 42.3 Å². The molecule has 32 heavy (non-hydrogen) atoms. The fraction of sp³-hybridized carbons (Fsp3) is 0.435. The van der Waals surface area contributed by atoms with Crippen molar-refractivity contribution in [1.29, 1.82) is 0 Å². The van der Waals surface area contributed by atoms with Crippen LogP contribution in [-0.4, -0.2) is 25.3 Å². The summed E-state index contributed by atoms with van der Waals surface area (Å²) in [5.41, 5.74) is 1.34. The number of carbonyl (C=O) groups excluding carboxylic acids is 1. The van der Waals surface area contributed by atoms with Crippen LogP contribution in [0.3, 0.4) is 0 Å². The summed E-state index contributed by atoms with van der Waals surface area (Å²) in [5, 5.41) is 8.36. The van der Waals surface area contributed by atoms with Gasteiger partial charge in [0.25, 0.3) is 5.91 Å². The van der Waals surface area contributed by atoms with Crippen molar-refractivity contribution in [2.24, 2.45) is 0 Å². The Hall–Kier alpha value is -2.84. The summed E-state index contributed by atoms with van der Waals surface area (Å²) >= 11 is 0. The number of amides is 1. The molecular weight excluding hydrogens is 429 g/mol. The van der Waals surface area contributed by atoms with Crippen LogP contribution < -0.4 is 16.0 Å². The lowest BCUT2D eigenvalue weighted by atomic mass is 10.1. The average molecular weight is 457 g/mol. The maximum Gasteiger partial charge on any atom is 0.416 e. The van der Waals surface area contributed by atoms with Crippen LogP contribution in [-0.2, 0) is 17.5 Å². The molecule has 2 aromatic rings. The third kappa shape index (κ3) is 7.39. The van der Waals surface area contributed by atoms with Gasteiger partial charge in [-0.1, -0.05) is 38.3 Å². The summed E-state index contributed by atoms with van der Waals surface area (Å²) < 4.78 is 66.0. The molecule has 0 aliphatic rings. The number of unbranched alkanes of at least 4 members (excludes halogenated alkanes) is 2. The van der Waals surface area contributed by atoms with Gasteiger partial charge in [0.15, 0.2) is 0 Å². The lowest BCUT2D eigenvalue weighted by Gasteiger charge is -2.17. The minimum Gasteiger partial charge on any atom is -0.386 e. The van der Waals surface area contributed by atoms with Crippen LogP contribution in [0.25, 0.3) is 0 Å². The van der Waals surface area contributed by atoms with Crippen molar-refractivity contribution in [2.45, 2.75) is 57.7 Å². The first-order valence-electron chi connectivity index (χ1n) is 10.5. The molecule has 0 fully saturated rings. The highest BCUT2D eigenvalue weighted by molar-refractivity contribution is 5.97. The zero-order valence-corrected chi connectivity index (χ0v) is 18.0. The minimum absolute atomic E-state index is 0.00583. The molecule has 0 heterocycles. The van der Waals surface area contributed by atoms with Crippen LogP contribution in [0.2, 0.25) is 0 Å². The van der Waals surface area contributed by atoms with Crippen molar-refractivity contribution in [3.05, 3.63) is 53.6 Å². The number of carbonyl (C=O) groups is 1. The van der Waals surface area contributed by atoms with Gasteiger partial charge in [0.1, 0.15) is 6.17 Å².